The summed E-state index contributed by atoms with van der Waals surface area (Å²) in [6.45, 7) is 8.15. The average molecular weight is 368 g/mol. The first-order valence-corrected chi connectivity index (χ1v) is 9.31. The molecule has 0 spiro atoms. The van der Waals surface area contributed by atoms with E-state index in [0.29, 0.717) is 22.9 Å². The van der Waals surface area contributed by atoms with Crippen LogP contribution in [0.4, 0.5) is 0 Å². The second-order valence-corrected chi connectivity index (χ2v) is 7.57. The molecule has 25 heavy (non-hydrogen) atoms. The lowest BCUT2D eigenvalue weighted by molar-refractivity contribution is -0.137. The molecule has 0 N–H and O–H groups in total. The molecule has 0 bridgehead atoms. The van der Waals surface area contributed by atoms with Gasteiger partial charge in [0.1, 0.15) is 5.75 Å². The lowest BCUT2D eigenvalue weighted by atomic mass is 10.1. The fourth-order valence-electron chi connectivity index (χ4n) is 3.34. The van der Waals surface area contributed by atoms with Gasteiger partial charge in [0, 0.05) is 36.7 Å². The van der Waals surface area contributed by atoms with E-state index in [0.717, 1.165) is 32.6 Å². The molecule has 0 aromatic heterocycles. The zero-order valence-electron chi connectivity index (χ0n) is 15.7. The van der Waals surface area contributed by atoms with E-state index in [2.05, 4.69) is 37.7 Å². The molecule has 1 heterocycles. The number of nitrogens with zero attached hydrogens (tertiary/aromatic N) is 3. The highest BCUT2D eigenvalue weighted by molar-refractivity contribution is 6.30. The largest absolute Gasteiger partial charge is 0.484 e. The van der Waals surface area contributed by atoms with Crippen molar-refractivity contribution in [3.8, 4) is 5.75 Å². The Kier molecular flexibility index (Phi) is 7.54. The monoisotopic (exact) mass is 367 g/mol. The van der Waals surface area contributed by atoms with Crippen LogP contribution in [0.15, 0.2) is 24.3 Å². The second kappa shape index (κ2) is 9.41. The highest BCUT2D eigenvalue weighted by Gasteiger charge is 2.31. The number of rotatable bonds is 7. The Bertz CT molecular complexity index is 538. The van der Waals surface area contributed by atoms with Gasteiger partial charge in [-0.1, -0.05) is 11.6 Å². The molecular formula is C19H30ClN3O2. The van der Waals surface area contributed by atoms with Gasteiger partial charge < -0.3 is 14.5 Å². The van der Waals surface area contributed by atoms with Gasteiger partial charge in [0.15, 0.2) is 6.61 Å². The van der Waals surface area contributed by atoms with E-state index in [9.17, 15) is 4.79 Å². The third kappa shape index (κ3) is 6.17. The van der Waals surface area contributed by atoms with Crippen molar-refractivity contribution >= 4 is 17.5 Å². The van der Waals surface area contributed by atoms with Gasteiger partial charge in [0.2, 0.25) is 0 Å². The van der Waals surface area contributed by atoms with Crippen LogP contribution >= 0.6 is 11.6 Å². The molecule has 1 saturated heterocycles. The summed E-state index contributed by atoms with van der Waals surface area (Å²) in [6, 6.07) is 7.82. The van der Waals surface area contributed by atoms with Crippen LogP contribution in [0.25, 0.3) is 0 Å². The summed E-state index contributed by atoms with van der Waals surface area (Å²) in [5.41, 5.74) is 0. The van der Waals surface area contributed by atoms with Crippen molar-refractivity contribution in [2.75, 3.05) is 46.9 Å². The van der Waals surface area contributed by atoms with Crippen molar-refractivity contribution in [1.29, 1.82) is 0 Å². The number of hydrogen-bond acceptors (Lipinski definition) is 4. The lowest BCUT2D eigenvalue weighted by Gasteiger charge is -2.44. The topological polar surface area (TPSA) is 36.0 Å². The minimum Gasteiger partial charge on any atom is -0.484 e. The van der Waals surface area contributed by atoms with E-state index in [1.807, 2.05) is 4.90 Å². The van der Waals surface area contributed by atoms with Crippen molar-refractivity contribution < 1.29 is 9.53 Å². The Morgan fingerprint density at radius 1 is 1.20 bits per heavy atom. The Balaban J connectivity index is 1.81. The Morgan fingerprint density at radius 3 is 2.36 bits per heavy atom. The molecule has 5 nitrogen and oxygen atoms in total. The molecular weight excluding hydrogens is 338 g/mol. The van der Waals surface area contributed by atoms with Gasteiger partial charge in [0.25, 0.3) is 5.91 Å². The number of amides is 1. The molecule has 1 aliphatic heterocycles. The Hall–Kier alpha value is -1.30. The lowest BCUT2D eigenvalue weighted by Crippen LogP contribution is -2.58. The van der Waals surface area contributed by atoms with Gasteiger partial charge in [0.05, 0.1) is 0 Å². The fourth-order valence-corrected chi connectivity index (χ4v) is 3.46. The first kappa shape index (κ1) is 20.0. The van der Waals surface area contributed by atoms with Crippen LogP contribution in [0, 0.1) is 0 Å². The van der Waals surface area contributed by atoms with E-state index >= 15 is 0 Å². The first-order valence-electron chi connectivity index (χ1n) is 8.93. The molecule has 2 unspecified atom stereocenters. The number of halogens is 1. The SMILES string of the molecule is CC1CN(C(=O)COc2ccc(Cl)cc2)CC(C)N1CCCN(C)C. The van der Waals surface area contributed by atoms with Crippen LogP contribution in [0.3, 0.4) is 0 Å². The van der Waals surface area contributed by atoms with Crippen molar-refractivity contribution in [3.05, 3.63) is 29.3 Å². The Labute approximate surface area is 156 Å². The van der Waals surface area contributed by atoms with Crippen molar-refractivity contribution in [3.63, 3.8) is 0 Å². The van der Waals surface area contributed by atoms with Crippen LogP contribution in [-0.4, -0.2) is 79.6 Å². The zero-order valence-corrected chi connectivity index (χ0v) is 16.5. The summed E-state index contributed by atoms with van der Waals surface area (Å²) < 4.78 is 5.60. The molecule has 2 rings (SSSR count). The van der Waals surface area contributed by atoms with Gasteiger partial charge in [-0.25, -0.2) is 0 Å². The average Bonchev–Trinajstić information content (AvgIpc) is 2.56. The van der Waals surface area contributed by atoms with Crippen LogP contribution in [0.1, 0.15) is 20.3 Å². The summed E-state index contributed by atoms with van der Waals surface area (Å²) in [5, 5.41) is 0.659. The van der Waals surface area contributed by atoms with Gasteiger partial charge in [-0.3, -0.25) is 9.69 Å². The molecule has 1 aromatic carbocycles. The first-order chi connectivity index (χ1) is 11.9. The van der Waals surface area contributed by atoms with E-state index in [1.165, 1.54) is 0 Å². The normalized spacial score (nSPS) is 21.6. The zero-order chi connectivity index (χ0) is 18.4. The number of piperazine rings is 1. The molecule has 6 heteroatoms. The van der Waals surface area contributed by atoms with Crippen molar-refractivity contribution in [2.45, 2.75) is 32.4 Å². The quantitative estimate of drug-likeness (QED) is 0.742. The molecule has 0 aliphatic carbocycles. The van der Waals surface area contributed by atoms with Crippen molar-refractivity contribution in [1.82, 2.24) is 14.7 Å². The predicted molar refractivity (Wildman–Crippen MR) is 102 cm³/mol. The third-order valence-corrected chi connectivity index (χ3v) is 4.90. The van der Waals surface area contributed by atoms with Crippen LogP contribution in [-0.2, 0) is 4.79 Å². The summed E-state index contributed by atoms with van der Waals surface area (Å²) in [5.74, 6) is 0.711. The minimum atomic E-state index is 0.0431. The maximum atomic E-state index is 12.5. The van der Waals surface area contributed by atoms with Crippen molar-refractivity contribution in [2.24, 2.45) is 0 Å². The fraction of sp³-hybridized carbons (Fsp3) is 0.632. The number of hydrogen-bond donors (Lipinski definition) is 0. The molecule has 1 fully saturated rings. The molecule has 1 aliphatic rings. The number of carbonyl (C=O) groups excluding carboxylic acids is 1. The molecule has 0 saturated carbocycles. The summed E-state index contributed by atoms with van der Waals surface area (Å²) >= 11 is 5.86. The summed E-state index contributed by atoms with van der Waals surface area (Å²) in [6.07, 6.45) is 1.15. The predicted octanol–water partition coefficient (Wildman–Crippen LogP) is 2.59. The number of benzene rings is 1. The molecule has 140 valence electrons. The van der Waals surface area contributed by atoms with Crippen LogP contribution < -0.4 is 4.74 Å². The van der Waals surface area contributed by atoms with Crippen LogP contribution in [0.2, 0.25) is 5.02 Å². The van der Waals surface area contributed by atoms with E-state index in [1.54, 1.807) is 24.3 Å². The highest BCUT2D eigenvalue weighted by atomic mass is 35.5. The van der Waals surface area contributed by atoms with E-state index < -0.39 is 0 Å². The maximum Gasteiger partial charge on any atom is 0.260 e. The van der Waals surface area contributed by atoms with Gasteiger partial charge in [-0.15, -0.1) is 0 Å². The standard InChI is InChI=1S/C19H30ClN3O2/c1-15-12-22(13-16(2)23(15)11-5-10-21(3)4)19(24)14-25-18-8-6-17(20)7-9-18/h6-9,15-16H,5,10-14H2,1-4H3. The second-order valence-electron chi connectivity index (χ2n) is 7.13. The van der Waals surface area contributed by atoms with Crippen LogP contribution in [0.5, 0.6) is 5.75 Å². The Morgan fingerprint density at radius 2 is 1.80 bits per heavy atom. The van der Waals surface area contributed by atoms with E-state index in [-0.39, 0.29) is 12.5 Å². The third-order valence-electron chi connectivity index (χ3n) is 4.65. The molecule has 0 radical (unpaired) electrons. The smallest absolute Gasteiger partial charge is 0.260 e. The minimum absolute atomic E-state index is 0.0431. The van der Waals surface area contributed by atoms with Gasteiger partial charge >= 0.3 is 0 Å². The van der Waals surface area contributed by atoms with Gasteiger partial charge in [-0.05, 0) is 65.2 Å². The summed E-state index contributed by atoms with van der Waals surface area (Å²) in [7, 11) is 4.20. The van der Waals surface area contributed by atoms with E-state index in [4.69, 9.17) is 16.3 Å². The number of ether oxygens (including phenoxy) is 1. The highest BCUT2D eigenvalue weighted by Crippen LogP contribution is 2.18. The molecule has 1 aromatic rings. The number of carbonyl (C=O) groups is 1. The summed E-state index contributed by atoms with van der Waals surface area (Å²) in [4.78, 5) is 19.1. The molecule has 2 atom stereocenters. The molecule has 1 amide bonds. The van der Waals surface area contributed by atoms with Gasteiger partial charge in [-0.2, -0.15) is 0 Å². The maximum absolute atomic E-state index is 12.5.